The Labute approximate surface area is 163 Å². The Morgan fingerprint density at radius 3 is 2.57 bits per heavy atom. The number of hydrogen-bond donors (Lipinski definition) is 0. The van der Waals surface area contributed by atoms with Crippen molar-refractivity contribution < 1.29 is 14.3 Å². The topological polar surface area (TPSA) is 88.9 Å². The molecule has 2 aliphatic rings. The van der Waals surface area contributed by atoms with Gasteiger partial charge in [0.05, 0.1) is 32.2 Å². The van der Waals surface area contributed by atoms with Crippen LogP contribution in [0.25, 0.3) is 0 Å². The lowest BCUT2D eigenvalue weighted by Crippen LogP contribution is -2.49. The van der Waals surface area contributed by atoms with Gasteiger partial charge in [-0.2, -0.15) is 5.10 Å². The normalized spacial score (nSPS) is 17.7. The van der Waals surface area contributed by atoms with Gasteiger partial charge < -0.3 is 24.2 Å². The Hall–Kier alpha value is -2.88. The second-order valence-electron chi connectivity index (χ2n) is 6.88. The minimum absolute atomic E-state index is 0.0496. The maximum atomic E-state index is 12.8. The molecule has 0 aliphatic carbocycles. The summed E-state index contributed by atoms with van der Waals surface area (Å²) in [5.74, 6) is 1.19. The molecule has 0 saturated carbocycles. The molecule has 0 bridgehead atoms. The van der Waals surface area contributed by atoms with Crippen molar-refractivity contribution in [1.29, 1.82) is 0 Å². The quantitative estimate of drug-likeness (QED) is 0.725. The first-order valence-corrected chi connectivity index (χ1v) is 9.43. The van der Waals surface area contributed by atoms with Gasteiger partial charge >= 0.3 is 0 Å². The summed E-state index contributed by atoms with van der Waals surface area (Å²) < 4.78 is 12.2. The highest BCUT2D eigenvalue weighted by molar-refractivity contribution is 5.96. The number of nitrogens with zero attached hydrogens (tertiary/aromatic N) is 7. The Bertz CT molecular complexity index is 826. The third kappa shape index (κ3) is 3.72. The highest BCUT2D eigenvalue weighted by Crippen LogP contribution is 2.23. The fraction of sp³-hybridized carbons (Fsp3) is 0.556. The van der Waals surface area contributed by atoms with Gasteiger partial charge in [0, 0.05) is 58.6 Å². The van der Waals surface area contributed by atoms with Crippen LogP contribution in [0.1, 0.15) is 10.4 Å². The van der Waals surface area contributed by atoms with Crippen molar-refractivity contribution in [3.63, 3.8) is 0 Å². The van der Waals surface area contributed by atoms with Crippen LogP contribution in [-0.2, 0) is 11.8 Å². The smallest absolute Gasteiger partial charge is 0.261 e. The Morgan fingerprint density at radius 2 is 1.86 bits per heavy atom. The summed E-state index contributed by atoms with van der Waals surface area (Å²) in [7, 11) is 3.30. The average Bonchev–Trinajstić information content (AvgIpc) is 3.15. The number of methoxy groups -OCH3 is 1. The maximum Gasteiger partial charge on any atom is 0.261 e. The SMILES string of the molecule is COc1nn(C)cc1C(=O)N1CCN(c2cnnc(N3CCOCC3)c2)CC1. The lowest BCUT2D eigenvalue weighted by atomic mass is 10.2. The average molecular weight is 387 g/mol. The van der Waals surface area contributed by atoms with Gasteiger partial charge in [-0.1, -0.05) is 0 Å². The van der Waals surface area contributed by atoms with E-state index in [2.05, 4.69) is 31.2 Å². The molecule has 4 heterocycles. The van der Waals surface area contributed by atoms with E-state index >= 15 is 0 Å². The predicted molar refractivity (Wildman–Crippen MR) is 103 cm³/mol. The van der Waals surface area contributed by atoms with E-state index in [1.165, 1.54) is 7.11 Å². The van der Waals surface area contributed by atoms with Crippen LogP contribution in [0.2, 0.25) is 0 Å². The first-order valence-electron chi connectivity index (χ1n) is 9.43. The highest BCUT2D eigenvalue weighted by Gasteiger charge is 2.26. The summed E-state index contributed by atoms with van der Waals surface area (Å²) in [6.07, 6.45) is 3.49. The number of anilines is 2. The van der Waals surface area contributed by atoms with Crippen LogP contribution in [0, 0.1) is 0 Å². The molecule has 10 heteroatoms. The van der Waals surface area contributed by atoms with Crippen molar-refractivity contribution >= 4 is 17.4 Å². The van der Waals surface area contributed by atoms with Crippen LogP contribution in [0.5, 0.6) is 5.88 Å². The number of hydrogen-bond acceptors (Lipinski definition) is 8. The van der Waals surface area contributed by atoms with Crippen molar-refractivity contribution in [1.82, 2.24) is 24.9 Å². The lowest BCUT2D eigenvalue weighted by molar-refractivity contribution is 0.0743. The van der Waals surface area contributed by atoms with Crippen LogP contribution < -0.4 is 14.5 Å². The highest BCUT2D eigenvalue weighted by atomic mass is 16.5. The molecule has 1 amide bonds. The number of ether oxygens (including phenoxy) is 2. The number of carbonyl (C=O) groups is 1. The Morgan fingerprint density at radius 1 is 1.11 bits per heavy atom. The van der Waals surface area contributed by atoms with Crippen LogP contribution in [0.3, 0.4) is 0 Å². The van der Waals surface area contributed by atoms with Crippen LogP contribution in [0.4, 0.5) is 11.5 Å². The van der Waals surface area contributed by atoms with E-state index in [0.717, 1.165) is 37.7 Å². The molecule has 150 valence electrons. The van der Waals surface area contributed by atoms with Crippen LogP contribution >= 0.6 is 0 Å². The summed E-state index contributed by atoms with van der Waals surface area (Å²) in [5.41, 5.74) is 1.53. The molecule has 0 N–H and O–H groups in total. The molecule has 0 spiro atoms. The van der Waals surface area contributed by atoms with E-state index in [-0.39, 0.29) is 5.91 Å². The number of piperazine rings is 1. The van der Waals surface area contributed by atoms with Crippen molar-refractivity contribution in [2.75, 3.05) is 69.4 Å². The molecule has 2 fully saturated rings. The summed E-state index contributed by atoms with van der Waals surface area (Å²) in [5, 5.41) is 12.6. The molecular formula is C18H25N7O3. The third-order valence-corrected chi connectivity index (χ3v) is 5.11. The summed E-state index contributed by atoms with van der Waals surface area (Å²) in [6.45, 7) is 5.82. The van der Waals surface area contributed by atoms with E-state index in [1.54, 1.807) is 24.1 Å². The molecule has 10 nitrogen and oxygen atoms in total. The molecule has 28 heavy (non-hydrogen) atoms. The van der Waals surface area contributed by atoms with Crippen molar-refractivity contribution in [2.45, 2.75) is 0 Å². The minimum atomic E-state index is -0.0496. The number of morpholine rings is 1. The molecule has 2 aliphatic heterocycles. The predicted octanol–water partition coefficient (Wildman–Crippen LogP) is 0.0177. The zero-order valence-corrected chi connectivity index (χ0v) is 16.2. The molecule has 0 unspecified atom stereocenters. The standard InChI is InChI=1S/C18H25N7O3/c1-22-13-15(17(21-22)27-2)18(26)25-5-3-23(4-6-25)14-11-16(20-19-12-14)24-7-9-28-10-8-24/h11-13H,3-10H2,1-2H3. The summed E-state index contributed by atoms with van der Waals surface area (Å²) >= 11 is 0. The minimum Gasteiger partial charge on any atom is -0.479 e. The van der Waals surface area contributed by atoms with E-state index < -0.39 is 0 Å². The van der Waals surface area contributed by atoms with E-state index in [9.17, 15) is 4.79 Å². The molecular weight excluding hydrogens is 362 g/mol. The number of rotatable bonds is 4. The van der Waals surface area contributed by atoms with Gasteiger partial charge in [0.25, 0.3) is 5.91 Å². The first kappa shape index (κ1) is 18.5. The monoisotopic (exact) mass is 387 g/mol. The van der Waals surface area contributed by atoms with Crippen molar-refractivity contribution in [3.05, 3.63) is 24.0 Å². The summed E-state index contributed by atoms with van der Waals surface area (Å²) in [6, 6.07) is 2.07. The maximum absolute atomic E-state index is 12.8. The van der Waals surface area contributed by atoms with Gasteiger partial charge in [-0.3, -0.25) is 9.48 Å². The molecule has 4 rings (SSSR count). The first-order chi connectivity index (χ1) is 13.7. The second-order valence-corrected chi connectivity index (χ2v) is 6.88. The van der Waals surface area contributed by atoms with Gasteiger partial charge in [-0.15, -0.1) is 10.2 Å². The number of aryl methyl sites for hydroxylation is 1. The van der Waals surface area contributed by atoms with E-state index in [4.69, 9.17) is 9.47 Å². The molecule has 2 aromatic heterocycles. The van der Waals surface area contributed by atoms with Gasteiger partial charge in [0.1, 0.15) is 5.56 Å². The Balaban J connectivity index is 1.40. The third-order valence-electron chi connectivity index (χ3n) is 5.11. The van der Waals surface area contributed by atoms with Gasteiger partial charge in [0.2, 0.25) is 5.88 Å². The fourth-order valence-electron chi connectivity index (χ4n) is 3.57. The summed E-state index contributed by atoms with van der Waals surface area (Å²) in [4.78, 5) is 19.1. The van der Waals surface area contributed by atoms with Crippen LogP contribution in [0.15, 0.2) is 18.5 Å². The molecule has 2 saturated heterocycles. The van der Waals surface area contributed by atoms with Gasteiger partial charge in [-0.05, 0) is 0 Å². The van der Waals surface area contributed by atoms with E-state index in [0.29, 0.717) is 37.7 Å². The number of aromatic nitrogens is 4. The van der Waals surface area contributed by atoms with Crippen molar-refractivity contribution in [3.8, 4) is 5.88 Å². The van der Waals surface area contributed by atoms with Gasteiger partial charge in [-0.25, -0.2) is 0 Å². The molecule has 0 atom stereocenters. The zero-order chi connectivity index (χ0) is 19.5. The lowest BCUT2D eigenvalue weighted by Gasteiger charge is -2.36. The van der Waals surface area contributed by atoms with Crippen LogP contribution in [-0.4, -0.2) is 90.4 Å². The second kappa shape index (κ2) is 8.01. The van der Waals surface area contributed by atoms with Gasteiger partial charge in [0.15, 0.2) is 5.82 Å². The molecule has 2 aromatic rings. The number of carbonyl (C=O) groups excluding carboxylic acids is 1. The number of amides is 1. The molecule has 0 radical (unpaired) electrons. The Kier molecular flexibility index (Phi) is 5.29. The van der Waals surface area contributed by atoms with E-state index in [1.807, 2.05) is 4.90 Å². The largest absolute Gasteiger partial charge is 0.479 e. The molecule has 0 aromatic carbocycles. The van der Waals surface area contributed by atoms with Crippen molar-refractivity contribution in [2.24, 2.45) is 7.05 Å². The fourth-order valence-corrected chi connectivity index (χ4v) is 3.57. The zero-order valence-electron chi connectivity index (χ0n) is 16.2.